The molecule has 0 amide bonds. The quantitative estimate of drug-likeness (QED) is 0.875. The van der Waals surface area contributed by atoms with Gasteiger partial charge in [-0.1, -0.05) is 6.07 Å². The second kappa shape index (κ2) is 5.51. The molecule has 3 rings (SSSR count). The molecular weight excluding hydrogens is 288 g/mol. The Kier molecular flexibility index (Phi) is 3.71. The average molecular weight is 304 g/mol. The number of hydrogen-bond donors (Lipinski definition) is 2. The van der Waals surface area contributed by atoms with Gasteiger partial charge in [-0.2, -0.15) is 0 Å². The van der Waals surface area contributed by atoms with Crippen LogP contribution in [0.3, 0.4) is 0 Å². The van der Waals surface area contributed by atoms with Crippen LogP contribution >= 0.6 is 0 Å². The van der Waals surface area contributed by atoms with Gasteiger partial charge in [-0.25, -0.2) is 23.1 Å². The van der Waals surface area contributed by atoms with Crippen LogP contribution in [-0.2, 0) is 29.7 Å². The SMILES string of the molecule is Cc1nccc(CNS(=O)(=O)c2ccc3c(c2)CNC3)n1. The third-order valence-electron chi connectivity index (χ3n) is 3.40. The molecule has 21 heavy (non-hydrogen) atoms. The molecule has 1 aliphatic heterocycles. The van der Waals surface area contributed by atoms with Crippen LogP contribution in [0.2, 0.25) is 0 Å². The molecule has 2 N–H and O–H groups in total. The normalized spacial score (nSPS) is 14.1. The van der Waals surface area contributed by atoms with E-state index in [0.717, 1.165) is 17.7 Å². The van der Waals surface area contributed by atoms with Crippen molar-refractivity contribution >= 4 is 10.0 Å². The molecule has 2 heterocycles. The van der Waals surface area contributed by atoms with Crippen molar-refractivity contribution in [3.63, 3.8) is 0 Å². The van der Waals surface area contributed by atoms with E-state index in [1.165, 1.54) is 0 Å². The van der Waals surface area contributed by atoms with Crippen molar-refractivity contribution in [2.75, 3.05) is 0 Å². The number of aromatic nitrogens is 2. The van der Waals surface area contributed by atoms with E-state index >= 15 is 0 Å². The van der Waals surface area contributed by atoms with E-state index in [4.69, 9.17) is 0 Å². The summed E-state index contributed by atoms with van der Waals surface area (Å²) in [5.41, 5.74) is 2.84. The Morgan fingerprint density at radius 2 is 2.05 bits per heavy atom. The van der Waals surface area contributed by atoms with Crippen molar-refractivity contribution in [1.82, 2.24) is 20.0 Å². The molecule has 2 aromatic rings. The second-order valence-corrected chi connectivity index (χ2v) is 6.72. The number of rotatable bonds is 4. The molecule has 0 unspecified atom stereocenters. The summed E-state index contributed by atoms with van der Waals surface area (Å²) in [6.45, 7) is 3.43. The molecule has 1 aromatic carbocycles. The fraction of sp³-hybridized carbons (Fsp3) is 0.286. The molecule has 1 aromatic heterocycles. The average Bonchev–Trinajstić information content (AvgIpc) is 2.93. The van der Waals surface area contributed by atoms with E-state index < -0.39 is 10.0 Å². The van der Waals surface area contributed by atoms with E-state index in [1.54, 1.807) is 31.3 Å². The van der Waals surface area contributed by atoms with Crippen LogP contribution < -0.4 is 10.0 Å². The molecule has 0 bridgehead atoms. The standard InChI is InChI=1S/C14H16N4O2S/c1-10-16-5-4-13(18-10)9-17-21(19,20)14-3-2-11-7-15-8-12(11)6-14/h2-6,15,17H,7-9H2,1H3. The highest BCUT2D eigenvalue weighted by Gasteiger charge is 2.18. The lowest BCUT2D eigenvalue weighted by Crippen LogP contribution is -2.24. The van der Waals surface area contributed by atoms with Crippen molar-refractivity contribution in [2.24, 2.45) is 0 Å². The summed E-state index contributed by atoms with van der Waals surface area (Å²) >= 11 is 0. The van der Waals surface area contributed by atoms with Gasteiger partial charge in [0.2, 0.25) is 10.0 Å². The fourth-order valence-corrected chi connectivity index (χ4v) is 3.34. The van der Waals surface area contributed by atoms with E-state index in [9.17, 15) is 8.42 Å². The van der Waals surface area contributed by atoms with Crippen LogP contribution in [0.15, 0.2) is 35.4 Å². The van der Waals surface area contributed by atoms with Crippen molar-refractivity contribution in [3.05, 3.63) is 53.1 Å². The maximum atomic E-state index is 12.3. The van der Waals surface area contributed by atoms with Gasteiger partial charge in [0.15, 0.2) is 0 Å². The van der Waals surface area contributed by atoms with Gasteiger partial charge in [0.1, 0.15) is 5.82 Å². The highest BCUT2D eigenvalue weighted by molar-refractivity contribution is 7.89. The molecule has 0 fully saturated rings. The molecule has 7 heteroatoms. The van der Waals surface area contributed by atoms with E-state index in [1.807, 2.05) is 6.07 Å². The smallest absolute Gasteiger partial charge is 0.240 e. The third kappa shape index (κ3) is 3.10. The number of benzene rings is 1. The Morgan fingerprint density at radius 3 is 2.86 bits per heavy atom. The molecule has 110 valence electrons. The zero-order valence-electron chi connectivity index (χ0n) is 11.6. The number of aryl methyl sites for hydroxylation is 1. The van der Waals surface area contributed by atoms with Crippen molar-refractivity contribution in [3.8, 4) is 0 Å². The number of hydrogen-bond acceptors (Lipinski definition) is 5. The van der Waals surface area contributed by atoms with Crippen LogP contribution in [0.25, 0.3) is 0 Å². The third-order valence-corrected chi connectivity index (χ3v) is 4.79. The lowest BCUT2D eigenvalue weighted by Gasteiger charge is -2.08. The number of fused-ring (bicyclic) bond motifs is 1. The summed E-state index contributed by atoms with van der Waals surface area (Å²) in [5.74, 6) is 0.621. The Hall–Kier alpha value is -1.83. The first-order valence-corrected chi connectivity index (χ1v) is 8.14. The Morgan fingerprint density at radius 1 is 1.24 bits per heavy atom. The van der Waals surface area contributed by atoms with Crippen LogP contribution in [0.4, 0.5) is 0 Å². The van der Waals surface area contributed by atoms with Crippen molar-refractivity contribution in [1.29, 1.82) is 0 Å². The van der Waals surface area contributed by atoms with Gasteiger partial charge in [0.05, 0.1) is 17.1 Å². The summed E-state index contributed by atoms with van der Waals surface area (Å²) in [7, 11) is -3.53. The molecule has 0 atom stereocenters. The largest absolute Gasteiger partial charge is 0.309 e. The van der Waals surface area contributed by atoms with Gasteiger partial charge in [-0.15, -0.1) is 0 Å². The highest BCUT2D eigenvalue weighted by atomic mass is 32.2. The van der Waals surface area contributed by atoms with Gasteiger partial charge in [-0.3, -0.25) is 0 Å². The summed E-state index contributed by atoms with van der Waals surface area (Å²) < 4.78 is 27.2. The van der Waals surface area contributed by atoms with Crippen LogP contribution in [0.5, 0.6) is 0 Å². The number of nitrogens with zero attached hydrogens (tertiary/aromatic N) is 2. The lowest BCUT2D eigenvalue weighted by molar-refractivity contribution is 0.580. The summed E-state index contributed by atoms with van der Waals surface area (Å²) in [6.07, 6.45) is 1.62. The highest BCUT2D eigenvalue weighted by Crippen LogP contribution is 2.20. The van der Waals surface area contributed by atoms with Gasteiger partial charge in [0.25, 0.3) is 0 Å². The van der Waals surface area contributed by atoms with Gasteiger partial charge >= 0.3 is 0 Å². The molecular formula is C14H16N4O2S. The topological polar surface area (TPSA) is 84.0 Å². The molecule has 0 saturated carbocycles. The van der Waals surface area contributed by atoms with E-state index in [-0.39, 0.29) is 11.4 Å². The van der Waals surface area contributed by atoms with Crippen LogP contribution in [-0.4, -0.2) is 18.4 Å². The van der Waals surface area contributed by atoms with Crippen molar-refractivity contribution < 1.29 is 8.42 Å². The first-order valence-electron chi connectivity index (χ1n) is 6.65. The molecule has 0 spiro atoms. The summed E-state index contributed by atoms with van der Waals surface area (Å²) in [5, 5.41) is 3.20. The molecule has 6 nitrogen and oxygen atoms in total. The minimum atomic E-state index is -3.53. The lowest BCUT2D eigenvalue weighted by atomic mass is 10.1. The van der Waals surface area contributed by atoms with Gasteiger partial charge in [0, 0.05) is 19.3 Å². The van der Waals surface area contributed by atoms with E-state index in [2.05, 4.69) is 20.0 Å². The van der Waals surface area contributed by atoms with Crippen LogP contribution in [0.1, 0.15) is 22.6 Å². The number of nitrogens with one attached hydrogen (secondary N) is 2. The predicted molar refractivity (Wildman–Crippen MR) is 77.8 cm³/mol. The molecule has 1 aliphatic rings. The second-order valence-electron chi connectivity index (χ2n) is 4.95. The maximum absolute atomic E-state index is 12.3. The first kappa shape index (κ1) is 14.1. The Labute approximate surface area is 123 Å². The van der Waals surface area contributed by atoms with E-state index in [0.29, 0.717) is 18.1 Å². The van der Waals surface area contributed by atoms with Gasteiger partial charge in [-0.05, 0) is 36.2 Å². The Bertz CT molecular complexity index is 774. The first-order chi connectivity index (χ1) is 10.0. The zero-order valence-corrected chi connectivity index (χ0v) is 12.4. The minimum absolute atomic E-state index is 0.154. The van der Waals surface area contributed by atoms with Crippen molar-refractivity contribution in [2.45, 2.75) is 31.5 Å². The Balaban J connectivity index is 1.78. The maximum Gasteiger partial charge on any atom is 0.240 e. The summed E-state index contributed by atoms with van der Waals surface area (Å²) in [6, 6.07) is 6.92. The van der Waals surface area contributed by atoms with Gasteiger partial charge < -0.3 is 5.32 Å². The van der Waals surface area contributed by atoms with Crippen LogP contribution in [0, 0.1) is 6.92 Å². The molecule has 0 radical (unpaired) electrons. The monoisotopic (exact) mass is 304 g/mol. The molecule has 0 saturated heterocycles. The zero-order chi connectivity index (χ0) is 14.9. The molecule has 0 aliphatic carbocycles. The minimum Gasteiger partial charge on any atom is -0.309 e. The predicted octanol–water partition coefficient (Wildman–Crippen LogP) is 0.867. The fourth-order valence-electron chi connectivity index (χ4n) is 2.29. The number of sulfonamides is 1. The summed E-state index contributed by atoms with van der Waals surface area (Å²) in [4.78, 5) is 8.45.